The van der Waals surface area contributed by atoms with Gasteiger partial charge in [0.25, 0.3) is 20.4 Å². The van der Waals surface area contributed by atoms with Gasteiger partial charge in [0, 0.05) is 74.0 Å². The van der Waals surface area contributed by atoms with Gasteiger partial charge in [-0.05, 0) is 121 Å². The molecule has 22 nitrogen and oxygen atoms in total. The van der Waals surface area contributed by atoms with Gasteiger partial charge in [-0.3, -0.25) is 15.0 Å². The van der Waals surface area contributed by atoms with Crippen molar-refractivity contribution < 1.29 is 34.6 Å². The lowest BCUT2D eigenvalue weighted by Crippen LogP contribution is -3.00. The van der Waals surface area contributed by atoms with Crippen molar-refractivity contribution in [2.45, 2.75) is 38.5 Å². The Bertz CT molecular complexity index is 2550. The summed E-state index contributed by atoms with van der Waals surface area (Å²) >= 11 is 14.4. The molecule has 374 valence electrons. The maximum Gasteiger partial charge on any atom is 0.274 e. The number of nitrogens with two attached hydrogens (primary N) is 4. The number of nitrogens with one attached hydrogen (secondary N) is 4. The summed E-state index contributed by atoms with van der Waals surface area (Å²) in [6, 6.07) is 16.4. The summed E-state index contributed by atoms with van der Waals surface area (Å²) in [4.78, 5) is 38.1. The van der Waals surface area contributed by atoms with E-state index in [4.69, 9.17) is 39.2 Å². The molecule has 0 atom stereocenters. The second-order valence-electron chi connectivity index (χ2n) is 14.8. The highest BCUT2D eigenvalue weighted by molar-refractivity contribution is 9.10. The van der Waals surface area contributed by atoms with E-state index in [0.29, 0.717) is 47.1 Å². The number of hydrogen-bond acceptors (Lipinski definition) is 17. The van der Waals surface area contributed by atoms with Crippen LogP contribution in [0.2, 0.25) is 10.3 Å². The van der Waals surface area contributed by atoms with Crippen molar-refractivity contribution in [2.75, 3.05) is 60.5 Å². The summed E-state index contributed by atoms with van der Waals surface area (Å²) in [5.74, 6) is 3.24. The van der Waals surface area contributed by atoms with E-state index in [1.165, 1.54) is 32.1 Å². The van der Waals surface area contributed by atoms with Crippen LogP contribution in [0, 0.1) is 11.8 Å². The lowest BCUT2D eigenvalue weighted by molar-refractivity contribution is -0.664. The first kappa shape index (κ1) is 58.3. The second-order valence-corrected chi connectivity index (χ2v) is 19.2. The molecule has 0 amide bonds. The van der Waals surface area contributed by atoms with Crippen LogP contribution >= 0.6 is 39.1 Å². The van der Waals surface area contributed by atoms with Crippen molar-refractivity contribution >= 4 is 94.6 Å². The first-order chi connectivity index (χ1) is 32.6. The summed E-state index contributed by atoms with van der Waals surface area (Å²) < 4.78 is 48.6. The Labute approximate surface area is 427 Å². The SMILES string of the molecule is Brc1cccnc1.Clc1ccnc(Nc2cccnc2)n1.NS(=O)(=O)NCCC1CCN(c2ccnc(Nc3cccnc3)n2)CC1.NS(=O)(=O)NCCC1CC[NH2+]CC1.Nc1nccc(Cl)n1.[Cl-]. The van der Waals surface area contributed by atoms with Gasteiger partial charge < -0.3 is 39.0 Å². The van der Waals surface area contributed by atoms with Crippen molar-refractivity contribution in [1.29, 1.82) is 0 Å². The molecule has 0 unspecified atom stereocenters. The van der Waals surface area contributed by atoms with Crippen LogP contribution in [0.25, 0.3) is 0 Å². The van der Waals surface area contributed by atoms with E-state index in [-0.39, 0.29) is 18.4 Å². The van der Waals surface area contributed by atoms with Gasteiger partial charge >= 0.3 is 0 Å². The van der Waals surface area contributed by atoms with Gasteiger partial charge in [0.1, 0.15) is 16.1 Å². The minimum Gasteiger partial charge on any atom is -1.00 e. The molecule has 2 saturated heterocycles. The summed E-state index contributed by atoms with van der Waals surface area (Å²) in [6.45, 7) is 4.95. The summed E-state index contributed by atoms with van der Waals surface area (Å²) in [7, 11) is -7.08. The van der Waals surface area contributed by atoms with E-state index < -0.39 is 20.4 Å². The van der Waals surface area contributed by atoms with Crippen LogP contribution in [-0.4, -0.2) is 101 Å². The molecule has 69 heavy (non-hydrogen) atoms. The zero-order valence-electron chi connectivity index (χ0n) is 37.3. The minimum atomic E-state index is -3.60. The zero-order valence-corrected chi connectivity index (χ0v) is 42.8. The number of piperidine rings is 2. The first-order valence-electron chi connectivity index (χ1n) is 21.2. The number of aromatic nitrogens is 9. The quantitative estimate of drug-likeness (QED) is 0.0748. The fourth-order valence-electron chi connectivity index (χ4n) is 6.35. The highest BCUT2D eigenvalue weighted by Crippen LogP contribution is 2.25. The molecule has 2 aliphatic rings. The van der Waals surface area contributed by atoms with Crippen molar-refractivity contribution in [3.63, 3.8) is 0 Å². The first-order valence-corrected chi connectivity index (χ1v) is 25.8. The molecule has 8 rings (SSSR count). The van der Waals surface area contributed by atoms with E-state index in [0.717, 1.165) is 60.4 Å². The van der Waals surface area contributed by atoms with Gasteiger partial charge in [0.05, 0.1) is 36.9 Å². The van der Waals surface area contributed by atoms with Crippen molar-refractivity contribution in [1.82, 2.24) is 54.3 Å². The van der Waals surface area contributed by atoms with Crippen molar-refractivity contribution in [2.24, 2.45) is 22.1 Å². The topological polar surface area (TPSA) is 330 Å². The van der Waals surface area contributed by atoms with Gasteiger partial charge in [0.2, 0.25) is 17.8 Å². The Morgan fingerprint density at radius 2 is 1.12 bits per heavy atom. The number of nitrogen functional groups attached to an aromatic ring is 1. The summed E-state index contributed by atoms with van der Waals surface area (Å²) in [5.41, 5.74) is 6.82. The minimum absolute atomic E-state index is 0. The molecule has 6 aromatic rings. The number of quaternary nitrogens is 1. The predicted octanol–water partition coefficient (Wildman–Crippen LogP) is 0.987. The Kier molecular flexibility index (Phi) is 27.0. The maximum atomic E-state index is 10.9. The number of nitrogens with zero attached hydrogens (tertiary/aromatic N) is 10. The molecule has 0 aliphatic carbocycles. The third-order valence-electron chi connectivity index (χ3n) is 9.57. The van der Waals surface area contributed by atoms with Gasteiger partial charge in [-0.25, -0.2) is 44.6 Å². The molecule has 0 aromatic carbocycles. The lowest BCUT2D eigenvalue weighted by Gasteiger charge is -2.32. The van der Waals surface area contributed by atoms with Crippen LogP contribution in [0.15, 0.2) is 115 Å². The fraction of sp³-hybridized carbons (Fsp3) is 0.341. The third kappa shape index (κ3) is 27.1. The van der Waals surface area contributed by atoms with Crippen LogP contribution in [0.5, 0.6) is 0 Å². The third-order valence-corrected chi connectivity index (χ3v) is 11.7. The molecule has 2 fully saturated rings. The average Bonchev–Trinajstić information content (AvgIpc) is 3.31. The predicted molar refractivity (Wildman–Crippen MR) is 268 cm³/mol. The Hall–Kier alpha value is -5.06. The highest BCUT2D eigenvalue weighted by Gasteiger charge is 2.21. The highest BCUT2D eigenvalue weighted by atomic mass is 79.9. The number of rotatable bonds is 13. The standard InChI is InChI=1S/C16H23N7O2S.C9H7ClN4.C7H17N3O2S.C5H4BrN.C4H4ClN3.ClH/c17-26(24,25)20-9-3-13-5-10-23(11-6-13)15-4-8-19-16(22-15)21-14-2-1-7-18-12-14;10-8-3-5-12-9(14-8)13-7-2-1-4-11-6-7;8-13(11,12)10-6-3-7-1-4-9-5-2-7;6-5-2-1-3-7-4-5;5-3-1-2-7-4(6)8-3;/h1-2,4,7-8,12-13,20H,3,5-6,9-11H2,(H2,17,24,25)(H,19,21,22);1-6H,(H,12,13,14);7,9-10H,1-6H2,(H2,8,11,12);1-4H;1-2H,(H2,6,7,8);1H. The van der Waals surface area contributed by atoms with Crippen LogP contribution in [0.1, 0.15) is 38.5 Å². The lowest BCUT2D eigenvalue weighted by atomic mass is 9.94. The zero-order chi connectivity index (χ0) is 49.0. The van der Waals surface area contributed by atoms with Gasteiger partial charge in [-0.1, -0.05) is 23.2 Å². The van der Waals surface area contributed by atoms with E-state index in [2.05, 4.69) is 91.1 Å². The molecule has 12 N–H and O–H groups in total. The van der Waals surface area contributed by atoms with Crippen LogP contribution in [0.3, 0.4) is 0 Å². The molecule has 0 radical (unpaired) electrons. The van der Waals surface area contributed by atoms with Crippen LogP contribution in [0.4, 0.5) is 35.0 Å². The maximum absolute atomic E-state index is 10.9. The number of anilines is 6. The molecular weight excluding hydrogens is 1060 g/mol. The van der Waals surface area contributed by atoms with Gasteiger partial charge in [-0.15, -0.1) is 0 Å². The van der Waals surface area contributed by atoms with E-state index in [9.17, 15) is 16.8 Å². The molecule has 8 heterocycles. The molecule has 28 heteroatoms. The Morgan fingerprint density at radius 1 is 0.638 bits per heavy atom. The monoisotopic (exact) mass is 1110 g/mol. The Morgan fingerprint density at radius 3 is 1.54 bits per heavy atom. The summed E-state index contributed by atoms with van der Waals surface area (Å²) in [6.07, 6.45) is 21.2. The van der Waals surface area contributed by atoms with Crippen molar-refractivity contribution in [3.8, 4) is 0 Å². The largest absolute Gasteiger partial charge is 1.00 e. The van der Waals surface area contributed by atoms with Gasteiger partial charge in [0.15, 0.2) is 0 Å². The molecule has 0 spiro atoms. The smallest absolute Gasteiger partial charge is 0.274 e. The van der Waals surface area contributed by atoms with E-state index >= 15 is 0 Å². The van der Waals surface area contributed by atoms with E-state index in [1.807, 2.05) is 42.5 Å². The molecule has 0 saturated carbocycles. The number of pyridine rings is 3. The normalized spacial score (nSPS) is 13.7. The number of hydrogen-bond donors (Lipinski definition) is 8. The van der Waals surface area contributed by atoms with Crippen LogP contribution in [-0.2, 0) is 20.4 Å². The number of halogens is 4. The average molecular weight is 1120 g/mol. The Balaban J connectivity index is 0.000000249. The molecule has 0 bridgehead atoms. The van der Waals surface area contributed by atoms with Crippen LogP contribution < -0.4 is 58.7 Å². The summed E-state index contributed by atoms with van der Waals surface area (Å²) in [5, 5.41) is 19.0. The van der Waals surface area contributed by atoms with Crippen molar-refractivity contribution in [3.05, 3.63) is 125 Å². The molecular formula is C41H56BrCl3N18O4S2. The molecule has 6 aromatic heterocycles. The second kappa shape index (κ2) is 31.9. The molecule has 2 aliphatic heterocycles. The van der Waals surface area contributed by atoms with Gasteiger partial charge in [-0.2, -0.15) is 21.8 Å². The van der Waals surface area contributed by atoms with E-state index in [1.54, 1.807) is 61.7 Å². The fourth-order valence-corrected chi connectivity index (χ4v) is 7.71.